The second kappa shape index (κ2) is 8.44. The molecular weight excluding hydrogens is 274 g/mol. The third kappa shape index (κ3) is 4.50. The summed E-state index contributed by atoms with van der Waals surface area (Å²) in [5.74, 6) is 2.19. The summed E-state index contributed by atoms with van der Waals surface area (Å²) in [6, 6.07) is 16.3. The number of hydrogen-bond acceptors (Lipinski definition) is 3. The van der Waals surface area contributed by atoms with Crippen molar-refractivity contribution in [2.75, 3.05) is 20.3 Å². The first kappa shape index (κ1) is 16.4. The molecule has 0 fully saturated rings. The predicted molar refractivity (Wildman–Crippen MR) is 90.7 cm³/mol. The maximum Gasteiger partial charge on any atom is 0.122 e. The second-order valence-corrected chi connectivity index (χ2v) is 5.47. The summed E-state index contributed by atoms with van der Waals surface area (Å²) in [5.41, 5.74) is 8.34. The number of rotatable bonds is 8. The van der Waals surface area contributed by atoms with E-state index in [1.165, 1.54) is 11.1 Å². The molecule has 0 saturated carbocycles. The molecule has 2 N–H and O–H groups in total. The van der Waals surface area contributed by atoms with Gasteiger partial charge in [-0.2, -0.15) is 0 Å². The number of hydrogen-bond donors (Lipinski definition) is 1. The van der Waals surface area contributed by atoms with Gasteiger partial charge < -0.3 is 15.2 Å². The molecule has 0 aromatic heterocycles. The lowest BCUT2D eigenvalue weighted by molar-refractivity contribution is 0.300. The SMILES string of the molecule is COc1cccc(C(CN)CCCOc2ccccc2C)c1. The molecule has 2 aromatic rings. The van der Waals surface area contributed by atoms with Gasteiger partial charge in [-0.25, -0.2) is 0 Å². The van der Waals surface area contributed by atoms with Crippen molar-refractivity contribution >= 4 is 0 Å². The van der Waals surface area contributed by atoms with Gasteiger partial charge in [-0.3, -0.25) is 0 Å². The molecule has 0 saturated heterocycles. The average molecular weight is 299 g/mol. The monoisotopic (exact) mass is 299 g/mol. The Bertz CT molecular complexity index is 583. The van der Waals surface area contributed by atoms with Gasteiger partial charge in [0.05, 0.1) is 13.7 Å². The van der Waals surface area contributed by atoms with E-state index >= 15 is 0 Å². The first-order valence-corrected chi connectivity index (χ1v) is 7.77. The van der Waals surface area contributed by atoms with Crippen LogP contribution in [0.15, 0.2) is 48.5 Å². The molecule has 0 aliphatic rings. The van der Waals surface area contributed by atoms with Gasteiger partial charge >= 0.3 is 0 Å². The summed E-state index contributed by atoms with van der Waals surface area (Å²) in [4.78, 5) is 0. The van der Waals surface area contributed by atoms with Crippen LogP contribution >= 0.6 is 0 Å². The van der Waals surface area contributed by atoms with E-state index in [4.69, 9.17) is 15.2 Å². The van der Waals surface area contributed by atoms with Crippen molar-refractivity contribution < 1.29 is 9.47 Å². The Balaban J connectivity index is 1.85. The highest BCUT2D eigenvalue weighted by atomic mass is 16.5. The molecule has 0 amide bonds. The molecule has 118 valence electrons. The summed E-state index contributed by atoms with van der Waals surface area (Å²) in [6.45, 7) is 3.41. The Kier molecular flexibility index (Phi) is 6.28. The molecule has 0 heterocycles. The highest BCUT2D eigenvalue weighted by molar-refractivity contribution is 5.32. The van der Waals surface area contributed by atoms with Crippen LogP contribution in [0.3, 0.4) is 0 Å². The zero-order valence-electron chi connectivity index (χ0n) is 13.4. The standard InChI is InChI=1S/C19H25NO2/c1-15-7-3-4-11-19(15)22-12-6-9-17(14-20)16-8-5-10-18(13-16)21-2/h3-5,7-8,10-11,13,17H,6,9,12,14,20H2,1-2H3. The minimum Gasteiger partial charge on any atom is -0.497 e. The summed E-state index contributed by atoms with van der Waals surface area (Å²) in [7, 11) is 1.69. The van der Waals surface area contributed by atoms with Crippen molar-refractivity contribution in [1.82, 2.24) is 0 Å². The third-order valence-electron chi connectivity index (χ3n) is 3.90. The second-order valence-electron chi connectivity index (χ2n) is 5.47. The Hall–Kier alpha value is -2.00. The number of para-hydroxylation sites is 1. The predicted octanol–water partition coefficient (Wildman–Crippen LogP) is 3.91. The van der Waals surface area contributed by atoms with E-state index in [9.17, 15) is 0 Å². The molecule has 1 unspecified atom stereocenters. The molecule has 0 spiro atoms. The van der Waals surface area contributed by atoms with Crippen molar-refractivity contribution in [2.24, 2.45) is 5.73 Å². The van der Waals surface area contributed by atoms with E-state index in [0.29, 0.717) is 19.1 Å². The van der Waals surface area contributed by atoms with Crippen molar-refractivity contribution in [2.45, 2.75) is 25.7 Å². The van der Waals surface area contributed by atoms with Crippen molar-refractivity contribution in [1.29, 1.82) is 0 Å². The summed E-state index contributed by atoms with van der Waals surface area (Å²) in [5, 5.41) is 0. The fourth-order valence-electron chi connectivity index (χ4n) is 2.55. The topological polar surface area (TPSA) is 44.5 Å². The molecular formula is C19H25NO2. The van der Waals surface area contributed by atoms with Crippen LogP contribution in [0, 0.1) is 6.92 Å². The fraction of sp³-hybridized carbons (Fsp3) is 0.368. The minimum atomic E-state index is 0.343. The van der Waals surface area contributed by atoms with Crippen LogP contribution in [-0.4, -0.2) is 20.3 Å². The normalized spacial score (nSPS) is 12.0. The van der Waals surface area contributed by atoms with E-state index < -0.39 is 0 Å². The van der Waals surface area contributed by atoms with Crippen molar-refractivity contribution in [3.05, 3.63) is 59.7 Å². The number of methoxy groups -OCH3 is 1. The summed E-state index contributed by atoms with van der Waals surface area (Å²) in [6.07, 6.45) is 1.99. The van der Waals surface area contributed by atoms with Crippen LogP contribution in [0.1, 0.15) is 29.9 Å². The minimum absolute atomic E-state index is 0.343. The zero-order valence-corrected chi connectivity index (χ0v) is 13.4. The quantitative estimate of drug-likeness (QED) is 0.752. The van der Waals surface area contributed by atoms with Crippen molar-refractivity contribution in [3.63, 3.8) is 0 Å². The van der Waals surface area contributed by atoms with Crippen LogP contribution in [0.5, 0.6) is 11.5 Å². The third-order valence-corrected chi connectivity index (χ3v) is 3.90. The van der Waals surface area contributed by atoms with E-state index in [-0.39, 0.29) is 0 Å². The fourth-order valence-corrected chi connectivity index (χ4v) is 2.55. The van der Waals surface area contributed by atoms with E-state index in [1.807, 2.05) is 30.3 Å². The first-order chi connectivity index (χ1) is 10.7. The number of aryl methyl sites for hydroxylation is 1. The van der Waals surface area contributed by atoms with E-state index in [0.717, 1.165) is 24.3 Å². The Morgan fingerprint density at radius 2 is 1.91 bits per heavy atom. The number of ether oxygens (including phenoxy) is 2. The molecule has 0 bridgehead atoms. The molecule has 0 aliphatic heterocycles. The molecule has 3 heteroatoms. The lowest BCUT2D eigenvalue weighted by Gasteiger charge is -2.16. The van der Waals surface area contributed by atoms with Gasteiger partial charge in [-0.05, 0) is 61.6 Å². The first-order valence-electron chi connectivity index (χ1n) is 7.77. The van der Waals surface area contributed by atoms with Gasteiger partial charge in [-0.15, -0.1) is 0 Å². The molecule has 22 heavy (non-hydrogen) atoms. The number of benzene rings is 2. The molecule has 0 radical (unpaired) electrons. The zero-order chi connectivity index (χ0) is 15.8. The lowest BCUT2D eigenvalue weighted by atomic mass is 9.94. The van der Waals surface area contributed by atoms with Gasteiger partial charge in [0, 0.05) is 0 Å². The van der Waals surface area contributed by atoms with Gasteiger partial charge in [0.1, 0.15) is 11.5 Å². The smallest absolute Gasteiger partial charge is 0.122 e. The summed E-state index contributed by atoms with van der Waals surface area (Å²) >= 11 is 0. The van der Waals surface area contributed by atoms with Gasteiger partial charge in [-0.1, -0.05) is 30.3 Å². The molecule has 2 aromatic carbocycles. The van der Waals surface area contributed by atoms with Crippen molar-refractivity contribution in [3.8, 4) is 11.5 Å². The van der Waals surface area contributed by atoms with Gasteiger partial charge in [0.25, 0.3) is 0 Å². The molecule has 2 rings (SSSR count). The van der Waals surface area contributed by atoms with Crippen LogP contribution in [0.4, 0.5) is 0 Å². The summed E-state index contributed by atoms with van der Waals surface area (Å²) < 4.78 is 11.1. The van der Waals surface area contributed by atoms with E-state index in [1.54, 1.807) is 7.11 Å². The van der Waals surface area contributed by atoms with Gasteiger partial charge in [0.15, 0.2) is 0 Å². The van der Waals surface area contributed by atoms with Crippen LogP contribution < -0.4 is 15.2 Å². The van der Waals surface area contributed by atoms with Gasteiger partial charge in [0.2, 0.25) is 0 Å². The van der Waals surface area contributed by atoms with Crippen LogP contribution in [-0.2, 0) is 0 Å². The van der Waals surface area contributed by atoms with Crippen LogP contribution in [0.25, 0.3) is 0 Å². The highest BCUT2D eigenvalue weighted by Gasteiger charge is 2.10. The largest absolute Gasteiger partial charge is 0.497 e. The lowest BCUT2D eigenvalue weighted by Crippen LogP contribution is -2.14. The molecule has 3 nitrogen and oxygen atoms in total. The Morgan fingerprint density at radius 1 is 1.09 bits per heavy atom. The molecule has 1 atom stereocenters. The maximum absolute atomic E-state index is 5.93. The Labute approximate surface area is 133 Å². The average Bonchev–Trinajstić information content (AvgIpc) is 2.56. The number of nitrogens with two attached hydrogens (primary N) is 1. The Morgan fingerprint density at radius 3 is 2.64 bits per heavy atom. The molecule has 0 aliphatic carbocycles. The maximum atomic E-state index is 5.93. The van der Waals surface area contributed by atoms with Crippen LogP contribution in [0.2, 0.25) is 0 Å². The highest BCUT2D eigenvalue weighted by Crippen LogP contribution is 2.24. The van der Waals surface area contributed by atoms with E-state index in [2.05, 4.69) is 25.1 Å².